The smallest absolute Gasteiger partial charge is 0.175 e. The zero-order valence-electron chi connectivity index (χ0n) is 21.9. The number of hydrogen-bond donors (Lipinski definition) is 6. The Labute approximate surface area is 235 Å². The number of ketones is 4. The number of hydrogen-bond acceptors (Lipinski definition) is 12. The van der Waals surface area contributed by atoms with Crippen LogP contribution >= 0.6 is 0 Å². The van der Waals surface area contributed by atoms with E-state index in [0.29, 0.717) is 0 Å². The molecule has 0 aromatic heterocycles. The van der Waals surface area contributed by atoms with Crippen molar-refractivity contribution in [3.05, 3.63) is 57.7 Å². The third-order valence-electron chi connectivity index (χ3n) is 10.6. The fraction of sp³-hybridized carbons (Fsp3) is 0.333. The first-order valence-electron chi connectivity index (χ1n) is 13.2. The number of aromatic hydroxyl groups is 2. The Morgan fingerprint density at radius 3 is 1.31 bits per heavy atom. The molecule has 6 N–H and O–H groups in total. The summed E-state index contributed by atoms with van der Waals surface area (Å²) in [6, 6.07) is 4.67. The SMILES string of the molecule is COc1cc(O)c2c(c1)C(=O)C13C(=C2O)C(=O)[C@H]2[C@@H](O)[C@@H]1[C@@H]1[C@H](O)[C@@H]3C(=O)C3=C(O)c4c(O)cc(OC)cc4C(=O)[C@]312. The van der Waals surface area contributed by atoms with Gasteiger partial charge in [0.2, 0.25) is 0 Å². The van der Waals surface area contributed by atoms with Gasteiger partial charge in [-0.3, -0.25) is 19.2 Å². The molecule has 0 saturated heterocycles. The average molecular weight is 574 g/mol. The van der Waals surface area contributed by atoms with Crippen molar-refractivity contribution in [2.45, 2.75) is 12.2 Å². The fourth-order valence-corrected chi connectivity index (χ4v) is 9.41. The van der Waals surface area contributed by atoms with Gasteiger partial charge in [0.15, 0.2) is 23.1 Å². The molecule has 8 rings (SSSR count). The predicted octanol–water partition coefficient (Wildman–Crippen LogP) is 1.10. The standard InChI is InChI=1S/C30H22O12/c1-41-7-3-9-13(11(31)5-7)21(33)17-25(37)20-23(35)15-16-24(36)19(29(15,17)27(9)39)26(38)18-22(34)14-10(28(40)30(16,18)20)4-8(42-2)6-12(14)32/h3-6,15-16,19-20,23-24,31-36H,1-2H3/t15-,16+,19-,20-,23+,24+,29+,30?/m1/s1. The van der Waals surface area contributed by atoms with Crippen molar-refractivity contribution in [1.82, 2.24) is 0 Å². The van der Waals surface area contributed by atoms with Gasteiger partial charge in [-0.1, -0.05) is 0 Å². The van der Waals surface area contributed by atoms with Crippen LogP contribution in [-0.4, -0.2) is 80.2 Å². The highest BCUT2D eigenvalue weighted by molar-refractivity contribution is 6.30. The molecule has 4 saturated carbocycles. The number of benzene rings is 2. The van der Waals surface area contributed by atoms with Crippen LogP contribution < -0.4 is 9.47 Å². The zero-order valence-corrected chi connectivity index (χ0v) is 21.9. The molecular weight excluding hydrogens is 552 g/mol. The van der Waals surface area contributed by atoms with Crippen LogP contribution in [0.2, 0.25) is 0 Å². The second-order valence-electron chi connectivity index (χ2n) is 11.7. The Balaban J connectivity index is 1.52. The van der Waals surface area contributed by atoms with E-state index in [1.807, 2.05) is 0 Å². The van der Waals surface area contributed by atoms with Crippen LogP contribution in [0.4, 0.5) is 0 Å². The number of aliphatic hydroxyl groups is 4. The zero-order chi connectivity index (χ0) is 29.9. The van der Waals surface area contributed by atoms with Gasteiger partial charge < -0.3 is 40.1 Å². The summed E-state index contributed by atoms with van der Waals surface area (Å²) in [7, 11) is 2.55. The van der Waals surface area contributed by atoms with Gasteiger partial charge in [-0.15, -0.1) is 0 Å². The van der Waals surface area contributed by atoms with Gasteiger partial charge >= 0.3 is 0 Å². The van der Waals surface area contributed by atoms with E-state index < -0.39 is 104 Å². The molecule has 2 spiro atoms. The monoisotopic (exact) mass is 574 g/mol. The van der Waals surface area contributed by atoms with Crippen LogP contribution in [0.15, 0.2) is 35.4 Å². The summed E-state index contributed by atoms with van der Waals surface area (Å²) >= 11 is 0. The predicted molar refractivity (Wildman–Crippen MR) is 138 cm³/mol. The van der Waals surface area contributed by atoms with Crippen LogP contribution in [-0.2, 0) is 9.59 Å². The number of carbonyl (C=O) groups excluding carboxylic acids is 4. The molecule has 2 aromatic rings. The molecule has 42 heavy (non-hydrogen) atoms. The molecule has 0 heterocycles. The van der Waals surface area contributed by atoms with Crippen LogP contribution in [0.1, 0.15) is 31.8 Å². The second-order valence-corrected chi connectivity index (χ2v) is 11.7. The first kappa shape index (κ1) is 25.1. The van der Waals surface area contributed by atoms with E-state index in [1.54, 1.807) is 0 Å². The summed E-state index contributed by atoms with van der Waals surface area (Å²) in [4.78, 5) is 58.2. The van der Waals surface area contributed by atoms with Crippen LogP contribution in [0, 0.1) is 34.5 Å². The number of rotatable bonds is 2. The third kappa shape index (κ3) is 2.14. The Hall–Kier alpha value is -4.68. The number of phenolic OH excluding ortho intramolecular Hbond substituents is 2. The first-order valence-corrected chi connectivity index (χ1v) is 13.2. The molecule has 6 aliphatic carbocycles. The topological polar surface area (TPSA) is 208 Å². The van der Waals surface area contributed by atoms with Gasteiger partial charge in [0.1, 0.15) is 34.5 Å². The van der Waals surface area contributed by atoms with Crippen molar-refractivity contribution >= 4 is 34.7 Å². The number of ether oxygens (including phenoxy) is 2. The minimum atomic E-state index is -2.33. The van der Waals surface area contributed by atoms with Crippen molar-refractivity contribution in [2.75, 3.05) is 14.2 Å². The molecule has 6 aliphatic rings. The molecule has 0 amide bonds. The lowest BCUT2D eigenvalue weighted by Crippen LogP contribution is -2.65. The number of allylic oxidation sites excluding steroid dienone is 2. The fourth-order valence-electron chi connectivity index (χ4n) is 9.41. The van der Waals surface area contributed by atoms with Crippen LogP contribution in [0.3, 0.4) is 0 Å². The molecular formula is C30H22O12. The number of fused-ring (bicyclic) bond motifs is 4. The molecule has 0 aliphatic heterocycles. The van der Waals surface area contributed by atoms with Crippen molar-refractivity contribution in [3.63, 3.8) is 0 Å². The Kier molecular flexibility index (Phi) is 4.30. The van der Waals surface area contributed by atoms with Gasteiger partial charge in [-0.2, -0.15) is 0 Å². The van der Waals surface area contributed by atoms with E-state index in [9.17, 15) is 49.8 Å². The lowest BCUT2D eigenvalue weighted by atomic mass is 9.46. The van der Waals surface area contributed by atoms with Gasteiger partial charge in [0.25, 0.3) is 0 Å². The van der Waals surface area contributed by atoms with Crippen LogP contribution in [0.25, 0.3) is 11.5 Å². The number of aliphatic hydroxyl groups excluding tert-OH is 4. The molecule has 12 nitrogen and oxygen atoms in total. The average Bonchev–Trinajstić information content (AvgIpc) is 3.31. The van der Waals surface area contributed by atoms with Gasteiger partial charge in [-0.25, -0.2) is 0 Å². The Bertz CT molecular complexity index is 1720. The molecule has 214 valence electrons. The second kappa shape index (κ2) is 7.20. The molecule has 12 heteroatoms. The van der Waals surface area contributed by atoms with Crippen molar-refractivity contribution < 1.29 is 59.3 Å². The highest BCUT2D eigenvalue weighted by Gasteiger charge is 2.89. The molecule has 1 unspecified atom stereocenters. The van der Waals surface area contributed by atoms with Crippen LogP contribution in [0.5, 0.6) is 23.0 Å². The molecule has 8 atom stereocenters. The van der Waals surface area contributed by atoms with E-state index in [4.69, 9.17) is 9.47 Å². The van der Waals surface area contributed by atoms with E-state index in [1.165, 1.54) is 26.4 Å². The minimum Gasteiger partial charge on any atom is -0.507 e. The summed E-state index contributed by atoms with van der Waals surface area (Å²) in [5.74, 6) is -13.1. The first-order chi connectivity index (χ1) is 19.9. The molecule has 0 radical (unpaired) electrons. The maximum Gasteiger partial charge on any atom is 0.175 e. The van der Waals surface area contributed by atoms with E-state index in [0.717, 1.165) is 12.1 Å². The quantitative estimate of drug-likeness (QED) is 0.298. The van der Waals surface area contributed by atoms with Gasteiger partial charge in [0, 0.05) is 35.1 Å². The minimum absolute atomic E-state index is 0.0209. The maximum absolute atomic E-state index is 14.6. The summed E-state index contributed by atoms with van der Waals surface area (Å²) in [6.07, 6.45) is -3.49. The largest absolute Gasteiger partial charge is 0.507 e. The molecule has 4 bridgehead atoms. The summed E-state index contributed by atoms with van der Waals surface area (Å²) < 4.78 is 10.3. The molecule has 4 fully saturated rings. The van der Waals surface area contributed by atoms with Crippen molar-refractivity contribution in [1.29, 1.82) is 0 Å². The normalized spacial score (nSPS) is 36.7. The van der Waals surface area contributed by atoms with Gasteiger partial charge in [0.05, 0.1) is 71.4 Å². The van der Waals surface area contributed by atoms with Crippen molar-refractivity contribution in [3.8, 4) is 23.0 Å². The van der Waals surface area contributed by atoms with Crippen molar-refractivity contribution in [2.24, 2.45) is 34.5 Å². The Morgan fingerprint density at radius 2 is 0.976 bits per heavy atom. The number of carbonyl (C=O) groups is 4. The van der Waals surface area contributed by atoms with Gasteiger partial charge in [-0.05, 0) is 12.1 Å². The van der Waals surface area contributed by atoms with E-state index in [2.05, 4.69) is 0 Å². The highest BCUT2D eigenvalue weighted by Crippen LogP contribution is 2.80. The lowest BCUT2D eigenvalue weighted by Gasteiger charge is -2.53. The highest BCUT2D eigenvalue weighted by atomic mass is 16.5. The number of methoxy groups -OCH3 is 2. The third-order valence-corrected chi connectivity index (χ3v) is 10.6. The summed E-state index contributed by atoms with van der Waals surface area (Å²) in [5, 5.41) is 68.2. The lowest BCUT2D eigenvalue weighted by molar-refractivity contribution is -0.142. The number of phenols is 2. The number of Topliss-reactive ketones (excluding diaryl/α,β-unsaturated/α-hetero) is 4. The van der Waals surface area contributed by atoms with E-state index in [-0.39, 0.29) is 33.8 Å². The Morgan fingerprint density at radius 1 is 0.619 bits per heavy atom. The van der Waals surface area contributed by atoms with E-state index >= 15 is 0 Å². The molecule has 2 aromatic carbocycles. The summed E-state index contributed by atoms with van der Waals surface area (Å²) in [6.45, 7) is 0. The maximum atomic E-state index is 14.6. The summed E-state index contributed by atoms with van der Waals surface area (Å²) in [5.41, 5.74) is -7.16.